The number of anilines is 1. The van der Waals surface area contributed by atoms with Gasteiger partial charge in [-0.05, 0) is 56.5 Å². The van der Waals surface area contributed by atoms with Gasteiger partial charge < -0.3 is 5.32 Å². The minimum atomic E-state index is -0.211. The second-order valence-electron chi connectivity index (χ2n) is 7.56. The Morgan fingerprint density at radius 2 is 1.93 bits per heavy atom. The zero-order valence-corrected chi connectivity index (χ0v) is 17.1. The summed E-state index contributed by atoms with van der Waals surface area (Å²) >= 11 is 0. The van der Waals surface area contributed by atoms with Gasteiger partial charge in [0.25, 0.3) is 0 Å². The number of nitrogens with one attached hydrogen (secondary N) is 3. The van der Waals surface area contributed by atoms with Crippen LogP contribution in [0.2, 0.25) is 0 Å². The van der Waals surface area contributed by atoms with Crippen LogP contribution in [0.5, 0.6) is 0 Å². The number of aromatic nitrogens is 4. The van der Waals surface area contributed by atoms with E-state index < -0.39 is 0 Å². The van der Waals surface area contributed by atoms with Crippen LogP contribution >= 0.6 is 0 Å². The van der Waals surface area contributed by atoms with Crippen molar-refractivity contribution < 1.29 is 4.39 Å². The van der Waals surface area contributed by atoms with E-state index in [0.29, 0.717) is 0 Å². The van der Waals surface area contributed by atoms with Gasteiger partial charge in [0, 0.05) is 17.7 Å². The van der Waals surface area contributed by atoms with Gasteiger partial charge >= 0.3 is 0 Å². The Bertz CT molecular complexity index is 1020. The fourth-order valence-electron chi connectivity index (χ4n) is 4.06. The molecule has 3 atom stereocenters. The number of aryl methyl sites for hydroxylation is 3. The number of halogens is 1. The van der Waals surface area contributed by atoms with E-state index in [4.69, 9.17) is 0 Å². The van der Waals surface area contributed by atoms with E-state index in [-0.39, 0.29) is 23.9 Å². The van der Waals surface area contributed by atoms with Gasteiger partial charge in [-0.3, -0.25) is 0 Å². The molecule has 3 N–H and O–H groups in total. The van der Waals surface area contributed by atoms with E-state index in [2.05, 4.69) is 38.2 Å². The van der Waals surface area contributed by atoms with E-state index in [9.17, 15) is 4.39 Å². The van der Waals surface area contributed by atoms with Crippen LogP contribution in [0.1, 0.15) is 41.9 Å². The number of hydrogen-bond acceptors (Lipinski definition) is 6. The van der Waals surface area contributed by atoms with Crippen molar-refractivity contribution in [1.82, 2.24) is 30.6 Å². The lowest BCUT2D eigenvalue weighted by Gasteiger charge is -2.24. The summed E-state index contributed by atoms with van der Waals surface area (Å²) in [7, 11) is 0. The number of rotatable bonds is 5. The van der Waals surface area contributed by atoms with E-state index in [1.807, 2.05) is 43.7 Å². The Morgan fingerprint density at radius 1 is 1.10 bits per heavy atom. The van der Waals surface area contributed by atoms with Gasteiger partial charge in [0.2, 0.25) is 0 Å². The van der Waals surface area contributed by atoms with Crippen LogP contribution in [-0.2, 0) is 0 Å². The van der Waals surface area contributed by atoms with E-state index in [1.165, 1.54) is 6.07 Å². The van der Waals surface area contributed by atoms with Crippen molar-refractivity contribution in [2.75, 3.05) is 5.32 Å². The number of hydrazine groups is 1. The zero-order valence-electron chi connectivity index (χ0n) is 17.1. The maximum atomic E-state index is 13.5. The molecule has 2 aromatic heterocycles. The summed E-state index contributed by atoms with van der Waals surface area (Å²) in [6.07, 6.45) is 2.45. The van der Waals surface area contributed by atoms with E-state index >= 15 is 0 Å². The smallest absolute Gasteiger partial charge is 0.159 e. The highest BCUT2D eigenvalue weighted by Crippen LogP contribution is 2.33. The summed E-state index contributed by atoms with van der Waals surface area (Å²) in [6.45, 7) is 8.06. The summed E-state index contributed by atoms with van der Waals surface area (Å²) < 4.78 is 15.3. The summed E-state index contributed by atoms with van der Waals surface area (Å²) in [6, 6.07) is 8.94. The van der Waals surface area contributed by atoms with Gasteiger partial charge in [0.05, 0.1) is 17.9 Å². The van der Waals surface area contributed by atoms with Crippen LogP contribution in [0, 0.1) is 32.5 Å². The summed E-state index contributed by atoms with van der Waals surface area (Å²) in [4.78, 5) is 8.74. The Hall–Kier alpha value is -2.84. The first kappa shape index (κ1) is 19.5. The SMILES string of the molecule is CCC1C(Nc2cc(-n3nc(C)cc3C)ncn2)NNC1c1ccc(F)cc1C. The van der Waals surface area contributed by atoms with Crippen molar-refractivity contribution >= 4 is 5.82 Å². The predicted octanol–water partition coefficient (Wildman–Crippen LogP) is 3.34. The molecule has 3 heterocycles. The standard InChI is InChI=1S/C21H26FN7/c1-5-16-20(17-7-6-15(22)8-12(17)2)26-27-21(16)25-18-10-19(24-11-23-18)29-14(4)9-13(3)28-29/h6-11,16,20-21,26-27H,5H2,1-4H3,(H,23,24,25). The highest BCUT2D eigenvalue weighted by molar-refractivity contribution is 5.42. The molecule has 152 valence electrons. The lowest BCUT2D eigenvalue weighted by Crippen LogP contribution is -2.38. The molecular formula is C21H26FN7. The Morgan fingerprint density at radius 3 is 2.62 bits per heavy atom. The maximum Gasteiger partial charge on any atom is 0.159 e. The van der Waals surface area contributed by atoms with Gasteiger partial charge in [0.15, 0.2) is 5.82 Å². The predicted molar refractivity (Wildman–Crippen MR) is 110 cm³/mol. The molecule has 7 nitrogen and oxygen atoms in total. The fraction of sp³-hybridized carbons (Fsp3) is 0.381. The molecule has 0 saturated carbocycles. The molecule has 0 amide bonds. The number of nitrogens with zero attached hydrogens (tertiary/aromatic N) is 4. The van der Waals surface area contributed by atoms with Crippen LogP contribution in [-0.4, -0.2) is 25.9 Å². The van der Waals surface area contributed by atoms with Gasteiger partial charge in [-0.25, -0.2) is 29.9 Å². The summed E-state index contributed by atoms with van der Waals surface area (Å²) in [5.74, 6) is 1.48. The Labute approximate surface area is 169 Å². The quantitative estimate of drug-likeness (QED) is 0.615. The third kappa shape index (κ3) is 3.86. The second-order valence-corrected chi connectivity index (χ2v) is 7.56. The average molecular weight is 395 g/mol. The first-order valence-electron chi connectivity index (χ1n) is 9.85. The third-order valence-electron chi connectivity index (χ3n) is 5.47. The minimum Gasteiger partial charge on any atom is -0.353 e. The van der Waals surface area contributed by atoms with Gasteiger partial charge in [0.1, 0.15) is 18.0 Å². The molecule has 29 heavy (non-hydrogen) atoms. The number of hydrogen-bond donors (Lipinski definition) is 3. The first-order valence-corrected chi connectivity index (χ1v) is 9.85. The highest BCUT2D eigenvalue weighted by atomic mass is 19.1. The summed E-state index contributed by atoms with van der Waals surface area (Å²) in [5, 5.41) is 7.96. The monoisotopic (exact) mass is 395 g/mol. The van der Waals surface area contributed by atoms with Crippen LogP contribution in [0.15, 0.2) is 36.7 Å². The normalized spacial score (nSPS) is 21.5. The minimum absolute atomic E-state index is 0.0299. The molecule has 1 aromatic carbocycles. The van der Waals surface area contributed by atoms with E-state index in [1.54, 1.807) is 12.4 Å². The molecule has 0 aliphatic carbocycles. The first-order chi connectivity index (χ1) is 14.0. The fourth-order valence-corrected chi connectivity index (χ4v) is 4.06. The number of benzene rings is 1. The van der Waals surface area contributed by atoms with Crippen molar-refractivity contribution in [2.45, 2.75) is 46.3 Å². The summed E-state index contributed by atoms with van der Waals surface area (Å²) in [5.41, 5.74) is 10.7. The van der Waals surface area contributed by atoms with Gasteiger partial charge in [-0.1, -0.05) is 13.0 Å². The van der Waals surface area contributed by atoms with Crippen LogP contribution in [0.3, 0.4) is 0 Å². The van der Waals surface area contributed by atoms with Crippen molar-refractivity contribution in [3.63, 3.8) is 0 Å². The van der Waals surface area contributed by atoms with Crippen molar-refractivity contribution in [1.29, 1.82) is 0 Å². The molecule has 1 aliphatic heterocycles. The third-order valence-corrected chi connectivity index (χ3v) is 5.47. The van der Waals surface area contributed by atoms with Crippen molar-refractivity contribution in [2.24, 2.45) is 5.92 Å². The molecule has 1 fully saturated rings. The zero-order chi connectivity index (χ0) is 20.5. The molecule has 0 bridgehead atoms. The van der Waals surface area contributed by atoms with Crippen molar-refractivity contribution in [3.05, 3.63) is 65.0 Å². The highest BCUT2D eigenvalue weighted by Gasteiger charge is 2.36. The molecule has 0 spiro atoms. The molecule has 1 aliphatic rings. The molecule has 4 rings (SSSR count). The second kappa shape index (κ2) is 7.88. The maximum absolute atomic E-state index is 13.5. The molecular weight excluding hydrogens is 369 g/mol. The average Bonchev–Trinajstić information content (AvgIpc) is 3.24. The Kier molecular flexibility index (Phi) is 5.29. The molecule has 3 unspecified atom stereocenters. The lowest BCUT2D eigenvalue weighted by molar-refractivity contribution is 0.424. The molecule has 8 heteroatoms. The van der Waals surface area contributed by atoms with Crippen LogP contribution < -0.4 is 16.2 Å². The Balaban J connectivity index is 1.55. The van der Waals surface area contributed by atoms with Crippen LogP contribution in [0.25, 0.3) is 5.82 Å². The van der Waals surface area contributed by atoms with E-state index in [0.717, 1.165) is 40.6 Å². The molecule has 3 aromatic rings. The lowest BCUT2D eigenvalue weighted by atomic mass is 9.88. The topological polar surface area (TPSA) is 79.7 Å². The van der Waals surface area contributed by atoms with Crippen LogP contribution in [0.4, 0.5) is 10.2 Å². The van der Waals surface area contributed by atoms with Gasteiger partial charge in [-0.15, -0.1) is 0 Å². The molecule has 1 saturated heterocycles. The van der Waals surface area contributed by atoms with Crippen molar-refractivity contribution in [3.8, 4) is 5.82 Å². The molecule has 0 radical (unpaired) electrons. The largest absolute Gasteiger partial charge is 0.353 e. The van der Waals surface area contributed by atoms with Gasteiger partial charge in [-0.2, -0.15) is 5.10 Å².